The Morgan fingerprint density at radius 3 is 2.60 bits per heavy atom. The molecule has 1 aliphatic heterocycles. The second-order valence-corrected chi connectivity index (χ2v) is 5.24. The number of hydrogen-bond acceptors (Lipinski definition) is 4. The predicted molar refractivity (Wildman–Crippen MR) is 75.0 cm³/mol. The topological polar surface area (TPSA) is 39.9 Å². The molecule has 108 valence electrons. The molecule has 1 N–H and O–H groups in total. The molecule has 1 aromatic heterocycles. The van der Waals surface area contributed by atoms with Gasteiger partial charge in [0.05, 0.1) is 13.2 Å². The molecule has 2 aromatic rings. The summed E-state index contributed by atoms with van der Waals surface area (Å²) in [6.45, 7) is 5.58. The SMILES string of the molecule is OCCN1CCN(Cc2cc3cc(F)ccc3o2)CC1. The van der Waals surface area contributed by atoms with Crippen LogP contribution < -0.4 is 0 Å². The van der Waals surface area contributed by atoms with E-state index in [0.717, 1.165) is 56.0 Å². The van der Waals surface area contributed by atoms with Gasteiger partial charge in [0.2, 0.25) is 0 Å². The Kier molecular flexibility index (Phi) is 4.00. The molecule has 1 aromatic carbocycles. The molecule has 0 spiro atoms. The van der Waals surface area contributed by atoms with Crippen molar-refractivity contribution in [3.05, 3.63) is 35.8 Å². The second kappa shape index (κ2) is 5.91. The number of rotatable bonds is 4. The Labute approximate surface area is 117 Å². The number of β-amino-alcohol motifs (C(OH)–C–C–N with tert-alkyl or cyclic N) is 1. The Morgan fingerprint density at radius 1 is 1.10 bits per heavy atom. The summed E-state index contributed by atoms with van der Waals surface area (Å²) in [5, 5.41) is 9.74. The van der Waals surface area contributed by atoms with Gasteiger partial charge in [-0.05, 0) is 24.3 Å². The summed E-state index contributed by atoms with van der Waals surface area (Å²) in [6, 6.07) is 6.51. The van der Waals surface area contributed by atoms with Crippen molar-refractivity contribution in [2.75, 3.05) is 39.3 Å². The molecule has 0 atom stereocenters. The number of benzene rings is 1. The zero-order valence-corrected chi connectivity index (χ0v) is 11.4. The average Bonchev–Trinajstić information content (AvgIpc) is 2.82. The van der Waals surface area contributed by atoms with Crippen LogP contribution in [-0.2, 0) is 6.54 Å². The van der Waals surface area contributed by atoms with Crippen molar-refractivity contribution in [3.8, 4) is 0 Å². The molecule has 20 heavy (non-hydrogen) atoms. The van der Waals surface area contributed by atoms with E-state index in [9.17, 15) is 4.39 Å². The molecular formula is C15H19FN2O2. The second-order valence-electron chi connectivity index (χ2n) is 5.24. The zero-order valence-electron chi connectivity index (χ0n) is 11.4. The molecule has 2 heterocycles. The third kappa shape index (κ3) is 3.00. The maximum absolute atomic E-state index is 13.1. The van der Waals surface area contributed by atoms with E-state index in [1.807, 2.05) is 6.07 Å². The van der Waals surface area contributed by atoms with Crippen molar-refractivity contribution in [2.24, 2.45) is 0 Å². The largest absolute Gasteiger partial charge is 0.460 e. The van der Waals surface area contributed by atoms with Crippen LogP contribution in [-0.4, -0.2) is 54.2 Å². The molecule has 0 saturated carbocycles. The van der Waals surface area contributed by atoms with E-state index < -0.39 is 0 Å². The molecule has 0 amide bonds. The quantitative estimate of drug-likeness (QED) is 0.924. The summed E-state index contributed by atoms with van der Waals surface area (Å²) in [6.07, 6.45) is 0. The van der Waals surface area contributed by atoms with Crippen LogP contribution in [0.3, 0.4) is 0 Å². The highest BCUT2D eigenvalue weighted by atomic mass is 19.1. The van der Waals surface area contributed by atoms with Crippen LogP contribution in [0.1, 0.15) is 5.76 Å². The molecule has 4 nitrogen and oxygen atoms in total. The van der Waals surface area contributed by atoms with Crippen molar-refractivity contribution < 1.29 is 13.9 Å². The zero-order chi connectivity index (χ0) is 13.9. The summed E-state index contributed by atoms with van der Waals surface area (Å²) in [4.78, 5) is 4.58. The molecule has 0 aliphatic carbocycles. The first kappa shape index (κ1) is 13.5. The average molecular weight is 278 g/mol. The van der Waals surface area contributed by atoms with E-state index in [1.165, 1.54) is 12.1 Å². The predicted octanol–water partition coefficient (Wildman–Crippen LogP) is 1.68. The van der Waals surface area contributed by atoms with Gasteiger partial charge in [-0.25, -0.2) is 4.39 Å². The van der Waals surface area contributed by atoms with Crippen LogP contribution in [0.2, 0.25) is 0 Å². The summed E-state index contributed by atoms with van der Waals surface area (Å²) in [7, 11) is 0. The van der Waals surface area contributed by atoms with Crippen LogP contribution in [0.4, 0.5) is 4.39 Å². The van der Waals surface area contributed by atoms with E-state index >= 15 is 0 Å². The molecule has 1 saturated heterocycles. The van der Waals surface area contributed by atoms with Crippen LogP contribution in [0.25, 0.3) is 11.0 Å². The van der Waals surface area contributed by atoms with Crippen molar-refractivity contribution in [2.45, 2.75) is 6.54 Å². The lowest BCUT2D eigenvalue weighted by molar-refractivity contribution is 0.104. The number of hydrogen-bond donors (Lipinski definition) is 1. The maximum Gasteiger partial charge on any atom is 0.134 e. The molecule has 1 aliphatic rings. The molecule has 0 bridgehead atoms. The van der Waals surface area contributed by atoms with Gasteiger partial charge in [0.15, 0.2) is 0 Å². The normalized spacial score (nSPS) is 17.9. The highest BCUT2D eigenvalue weighted by Crippen LogP contribution is 2.21. The molecule has 0 radical (unpaired) electrons. The summed E-state index contributed by atoms with van der Waals surface area (Å²) >= 11 is 0. The number of halogens is 1. The fraction of sp³-hybridized carbons (Fsp3) is 0.467. The van der Waals surface area contributed by atoms with Crippen LogP contribution in [0.5, 0.6) is 0 Å². The van der Waals surface area contributed by atoms with Crippen LogP contribution >= 0.6 is 0 Å². The lowest BCUT2D eigenvalue weighted by Crippen LogP contribution is -2.46. The maximum atomic E-state index is 13.1. The lowest BCUT2D eigenvalue weighted by atomic mass is 10.2. The number of aliphatic hydroxyl groups is 1. The van der Waals surface area contributed by atoms with E-state index in [-0.39, 0.29) is 12.4 Å². The fourth-order valence-electron chi connectivity index (χ4n) is 2.68. The molecule has 5 heteroatoms. The first-order chi connectivity index (χ1) is 9.74. The third-order valence-corrected chi connectivity index (χ3v) is 3.79. The molecule has 1 fully saturated rings. The monoisotopic (exact) mass is 278 g/mol. The Bertz CT molecular complexity index is 576. The Morgan fingerprint density at radius 2 is 1.85 bits per heavy atom. The van der Waals surface area contributed by atoms with Gasteiger partial charge in [-0.3, -0.25) is 9.80 Å². The Hall–Kier alpha value is -1.43. The van der Waals surface area contributed by atoms with Crippen molar-refractivity contribution >= 4 is 11.0 Å². The van der Waals surface area contributed by atoms with Gasteiger partial charge < -0.3 is 9.52 Å². The van der Waals surface area contributed by atoms with Crippen LogP contribution in [0, 0.1) is 5.82 Å². The highest BCUT2D eigenvalue weighted by molar-refractivity contribution is 5.77. The number of fused-ring (bicyclic) bond motifs is 1. The van der Waals surface area contributed by atoms with Gasteiger partial charge in [0, 0.05) is 38.1 Å². The van der Waals surface area contributed by atoms with Gasteiger partial charge in [-0.15, -0.1) is 0 Å². The first-order valence-corrected chi connectivity index (χ1v) is 6.98. The summed E-state index contributed by atoms with van der Waals surface area (Å²) in [5.41, 5.74) is 0.736. The smallest absolute Gasteiger partial charge is 0.134 e. The Balaban J connectivity index is 1.62. The number of nitrogens with zero attached hydrogens (tertiary/aromatic N) is 2. The van der Waals surface area contributed by atoms with Crippen molar-refractivity contribution in [1.29, 1.82) is 0 Å². The minimum atomic E-state index is -0.234. The lowest BCUT2D eigenvalue weighted by Gasteiger charge is -2.33. The van der Waals surface area contributed by atoms with Crippen LogP contribution in [0.15, 0.2) is 28.7 Å². The summed E-state index contributed by atoms with van der Waals surface area (Å²) in [5.74, 6) is 0.642. The van der Waals surface area contributed by atoms with Crippen molar-refractivity contribution in [1.82, 2.24) is 9.80 Å². The highest BCUT2D eigenvalue weighted by Gasteiger charge is 2.17. The molecular weight excluding hydrogens is 259 g/mol. The van der Waals surface area contributed by atoms with E-state index in [4.69, 9.17) is 9.52 Å². The van der Waals surface area contributed by atoms with E-state index in [0.29, 0.717) is 0 Å². The fourth-order valence-corrected chi connectivity index (χ4v) is 2.68. The minimum absolute atomic E-state index is 0.217. The van der Waals surface area contributed by atoms with Gasteiger partial charge in [0.1, 0.15) is 17.2 Å². The molecule has 0 unspecified atom stereocenters. The van der Waals surface area contributed by atoms with E-state index in [2.05, 4.69) is 9.80 Å². The minimum Gasteiger partial charge on any atom is -0.460 e. The van der Waals surface area contributed by atoms with Gasteiger partial charge in [-0.2, -0.15) is 0 Å². The number of aliphatic hydroxyl groups excluding tert-OH is 1. The molecule has 3 rings (SSSR count). The third-order valence-electron chi connectivity index (χ3n) is 3.79. The van der Waals surface area contributed by atoms with E-state index in [1.54, 1.807) is 6.07 Å². The van der Waals surface area contributed by atoms with Crippen molar-refractivity contribution in [3.63, 3.8) is 0 Å². The van der Waals surface area contributed by atoms with Gasteiger partial charge >= 0.3 is 0 Å². The van der Waals surface area contributed by atoms with Gasteiger partial charge in [0.25, 0.3) is 0 Å². The summed E-state index contributed by atoms with van der Waals surface area (Å²) < 4.78 is 18.9. The number of furan rings is 1. The van der Waals surface area contributed by atoms with Gasteiger partial charge in [-0.1, -0.05) is 0 Å². The number of piperazine rings is 1. The first-order valence-electron chi connectivity index (χ1n) is 6.98. The standard InChI is InChI=1S/C15H19FN2O2/c16-13-1-2-15-12(9-13)10-14(20-15)11-18-5-3-17(4-6-18)7-8-19/h1-2,9-10,19H,3-8,11H2.